The third-order valence-electron chi connectivity index (χ3n) is 24.5. The molecule has 0 saturated carbocycles. The van der Waals surface area contributed by atoms with Crippen molar-refractivity contribution in [3.8, 4) is 89.8 Å². The van der Waals surface area contributed by atoms with E-state index in [1.807, 2.05) is 218 Å². The number of anilines is 6. The van der Waals surface area contributed by atoms with Gasteiger partial charge in [0.25, 0.3) is 0 Å². The van der Waals surface area contributed by atoms with Crippen molar-refractivity contribution in [1.29, 1.82) is 0 Å². The SMILES string of the molecule is C=Cc1ccc(Oc2ccc(C3(c4c(F)cccc4F)c4ccccc4-c4ccc(N(c5ccc(-c6cccc(-c7ccc(F)cc7)c6)cc5)c5ccc6oc7ccc(N(c8ccc(-c9cccc(-c%10ccc(F)cc%10)c9)cc8)c8ccc9c(c8)C(c8ccc(Oc%10ccc(C=C)cc%10)cc8)(c8c(F)cccc8F)c8ccccc8-9)cc7c6c5)cc43)cc2)cc1. The molecule has 1 aromatic heterocycles. The first-order valence-electron chi connectivity index (χ1n) is 41.2. The van der Waals surface area contributed by atoms with Crippen LogP contribution in [0.4, 0.5) is 60.5 Å². The summed E-state index contributed by atoms with van der Waals surface area (Å²) < 4.78 is 119. The maximum Gasteiger partial charge on any atom is 0.135 e. The molecule has 18 aromatic carbocycles. The zero-order valence-electron chi connectivity index (χ0n) is 67.1. The number of fused-ring (bicyclic) bond motifs is 9. The Balaban J connectivity index is 0.744. The van der Waals surface area contributed by atoms with Gasteiger partial charge in [-0.05, 0) is 305 Å². The van der Waals surface area contributed by atoms with Crippen LogP contribution in [-0.4, -0.2) is 0 Å². The Morgan fingerprint density at radius 1 is 0.248 bits per heavy atom. The van der Waals surface area contributed by atoms with Gasteiger partial charge in [-0.2, -0.15) is 0 Å². The molecular weight excluding hydrogens is 1560 g/mol. The van der Waals surface area contributed by atoms with Crippen molar-refractivity contribution in [2.45, 2.75) is 10.8 Å². The first-order valence-corrected chi connectivity index (χ1v) is 41.2. The molecule has 125 heavy (non-hydrogen) atoms. The van der Waals surface area contributed by atoms with Crippen LogP contribution in [0.3, 0.4) is 0 Å². The van der Waals surface area contributed by atoms with Crippen LogP contribution in [-0.2, 0) is 10.8 Å². The molecule has 1 heterocycles. The number of benzene rings is 18. The molecule has 0 radical (unpaired) electrons. The van der Waals surface area contributed by atoms with Gasteiger partial charge in [0.2, 0.25) is 0 Å². The molecule has 21 rings (SSSR count). The van der Waals surface area contributed by atoms with E-state index >= 15 is 17.6 Å². The number of ether oxygens (including phenoxy) is 2. The van der Waals surface area contributed by atoms with E-state index in [0.717, 1.165) is 100 Å². The van der Waals surface area contributed by atoms with Crippen molar-refractivity contribution in [3.63, 3.8) is 0 Å². The molecule has 2 aliphatic rings. The minimum absolute atomic E-state index is 0.136. The van der Waals surface area contributed by atoms with E-state index in [1.165, 1.54) is 60.7 Å². The predicted octanol–water partition coefficient (Wildman–Crippen LogP) is 31.6. The predicted molar refractivity (Wildman–Crippen MR) is 492 cm³/mol. The van der Waals surface area contributed by atoms with E-state index in [0.29, 0.717) is 90.3 Å². The highest BCUT2D eigenvalue weighted by atomic mass is 19.2. The van der Waals surface area contributed by atoms with E-state index in [4.69, 9.17) is 13.9 Å². The fraction of sp³-hybridized carbons (Fsp3) is 0.0175. The van der Waals surface area contributed by atoms with Crippen molar-refractivity contribution in [3.05, 3.63) is 504 Å². The number of hydrogen-bond acceptors (Lipinski definition) is 5. The van der Waals surface area contributed by atoms with Gasteiger partial charge in [0.15, 0.2) is 0 Å². The summed E-state index contributed by atoms with van der Waals surface area (Å²) in [5.41, 5.74) is 18.2. The Morgan fingerprint density at radius 2 is 0.544 bits per heavy atom. The lowest BCUT2D eigenvalue weighted by Gasteiger charge is -2.35. The highest BCUT2D eigenvalue weighted by Gasteiger charge is 2.51. The summed E-state index contributed by atoms with van der Waals surface area (Å²) in [5, 5.41) is 1.51. The largest absolute Gasteiger partial charge is 0.457 e. The third-order valence-corrected chi connectivity index (χ3v) is 24.5. The molecule has 0 spiro atoms. The Kier molecular flexibility index (Phi) is 19.1. The molecule has 0 N–H and O–H groups in total. The number of rotatable bonds is 20. The third kappa shape index (κ3) is 13.3. The number of hydrogen-bond donors (Lipinski definition) is 0. The van der Waals surface area contributed by atoms with Crippen LogP contribution in [0.2, 0.25) is 0 Å². The second-order valence-corrected chi connectivity index (χ2v) is 31.4. The normalized spacial score (nSPS) is 14.1. The van der Waals surface area contributed by atoms with Gasteiger partial charge in [0.05, 0.1) is 10.8 Å². The molecule has 598 valence electrons. The quantitative estimate of drug-likeness (QED) is 0.0711. The lowest BCUT2D eigenvalue weighted by Crippen LogP contribution is -2.31. The molecule has 0 fully saturated rings. The standard InChI is InChI=1S/C114H72F6N2O3/c1-3-71-25-53-91(54-26-71)123-93-57-37-81(38-58-93)113(111-105(117)21-11-22-106(111)118)101-19-7-5-17-95(101)97-61-49-89(69-103(97)113)121(85-45-33-75(34-46-85)79-15-9-13-77(65-79)73-29-41-83(115)42-30-73)87-51-63-109-99(67-87)100-68-88(52-64-110(100)125-109)122(86-47-35-76(36-48-86)80-16-10-14-78(66-80)74-31-43-84(116)44-32-74)90-50-62-98-96-18-6-8-20-102(96)114(104(98)70-90,112-107(119)23-12-24-108(112)120)82-39-59-94(60-40-82)124-92-55-27-72(4-2)28-56-92/h3-70H,1-2H2. The average Bonchev–Trinajstić information content (AvgIpc) is 1.54. The summed E-state index contributed by atoms with van der Waals surface area (Å²) in [7, 11) is 0. The first-order chi connectivity index (χ1) is 61.2. The Bertz CT molecular complexity index is 6960. The maximum absolute atomic E-state index is 17.6. The van der Waals surface area contributed by atoms with Crippen LogP contribution in [0, 0.1) is 34.9 Å². The van der Waals surface area contributed by atoms with Crippen molar-refractivity contribution in [1.82, 2.24) is 0 Å². The molecule has 2 atom stereocenters. The molecule has 0 saturated heterocycles. The number of furan rings is 1. The van der Waals surface area contributed by atoms with Gasteiger partial charge in [0.1, 0.15) is 69.1 Å². The zero-order chi connectivity index (χ0) is 84.6. The fourth-order valence-electron chi connectivity index (χ4n) is 18.7. The van der Waals surface area contributed by atoms with Crippen LogP contribution in [0.15, 0.2) is 418 Å². The molecule has 2 unspecified atom stereocenters. The first kappa shape index (κ1) is 76.4. The summed E-state index contributed by atoms with van der Waals surface area (Å²) in [6, 6.07) is 124. The second kappa shape index (κ2) is 31.2. The van der Waals surface area contributed by atoms with Crippen molar-refractivity contribution in [2.24, 2.45) is 0 Å². The lowest BCUT2D eigenvalue weighted by atomic mass is 9.67. The smallest absolute Gasteiger partial charge is 0.135 e. The summed E-state index contributed by atoms with van der Waals surface area (Å²) in [5.74, 6) is -1.28. The van der Waals surface area contributed by atoms with Crippen LogP contribution in [0.1, 0.15) is 55.6 Å². The van der Waals surface area contributed by atoms with Crippen molar-refractivity contribution < 1.29 is 40.2 Å². The molecule has 5 nitrogen and oxygen atoms in total. The van der Waals surface area contributed by atoms with Gasteiger partial charge in [0, 0.05) is 56.0 Å². The highest BCUT2D eigenvalue weighted by Crippen LogP contribution is 2.61. The van der Waals surface area contributed by atoms with Crippen LogP contribution < -0.4 is 19.3 Å². The second-order valence-electron chi connectivity index (χ2n) is 31.4. The van der Waals surface area contributed by atoms with Gasteiger partial charge in [-0.15, -0.1) is 0 Å². The van der Waals surface area contributed by atoms with Crippen molar-refractivity contribution >= 4 is 68.2 Å². The molecule has 0 amide bonds. The molecule has 0 aliphatic heterocycles. The van der Waals surface area contributed by atoms with Crippen LogP contribution in [0.25, 0.3) is 101 Å². The minimum atomic E-state index is -1.57. The maximum atomic E-state index is 17.6. The van der Waals surface area contributed by atoms with E-state index in [-0.39, 0.29) is 22.8 Å². The molecule has 19 aromatic rings. The zero-order valence-corrected chi connectivity index (χ0v) is 67.1. The minimum Gasteiger partial charge on any atom is -0.457 e. The summed E-state index contributed by atoms with van der Waals surface area (Å²) in [4.78, 5) is 4.31. The fourth-order valence-corrected chi connectivity index (χ4v) is 18.7. The highest BCUT2D eigenvalue weighted by molar-refractivity contribution is 6.09. The molecule has 11 heteroatoms. The van der Waals surface area contributed by atoms with Crippen LogP contribution in [0.5, 0.6) is 23.0 Å². The van der Waals surface area contributed by atoms with E-state index in [2.05, 4.69) is 120 Å². The van der Waals surface area contributed by atoms with Gasteiger partial charge < -0.3 is 23.7 Å². The van der Waals surface area contributed by atoms with E-state index in [9.17, 15) is 8.78 Å². The van der Waals surface area contributed by atoms with Crippen LogP contribution >= 0.6 is 0 Å². The molecule has 0 bridgehead atoms. The summed E-state index contributed by atoms with van der Waals surface area (Å²) in [6.07, 6.45) is 3.53. The average molecular weight is 1630 g/mol. The van der Waals surface area contributed by atoms with Gasteiger partial charge in [-0.3, -0.25) is 0 Å². The van der Waals surface area contributed by atoms with Gasteiger partial charge in [-0.25, -0.2) is 26.3 Å². The summed E-state index contributed by atoms with van der Waals surface area (Å²) >= 11 is 0. The van der Waals surface area contributed by atoms with E-state index in [1.54, 1.807) is 36.4 Å². The van der Waals surface area contributed by atoms with E-state index < -0.39 is 34.1 Å². The Hall–Kier alpha value is -16.0. The Labute approximate surface area is 718 Å². The topological polar surface area (TPSA) is 38.1 Å². The monoisotopic (exact) mass is 1630 g/mol. The number of halogens is 6. The van der Waals surface area contributed by atoms with Gasteiger partial charge in [-0.1, -0.05) is 232 Å². The lowest BCUT2D eigenvalue weighted by molar-refractivity contribution is 0.481. The van der Waals surface area contributed by atoms with Gasteiger partial charge >= 0.3 is 0 Å². The number of nitrogens with zero attached hydrogens (tertiary/aromatic N) is 2. The van der Waals surface area contributed by atoms with Crippen molar-refractivity contribution in [2.75, 3.05) is 9.80 Å². The Morgan fingerprint density at radius 3 is 0.896 bits per heavy atom. The molecular formula is C114H72F6N2O3. The summed E-state index contributed by atoms with van der Waals surface area (Å²) in [6.45, 7) is 7.81. The molecule has 2 aliphatic carbocycles.